The van der Waals surface area contributed by atoms with Crippen molar-refractivity contribution in [3.05, 3.63) is 35.4 Å². The van der Waals surface area contributed by atoms with Crippen LogP contribution in [0, 0.1) is 5.92 Å². The van der Waals surface area contributed by atoms with Crippen molar-refractivity contribution >= 4 is 0 Å². The molecule has 0 saturated heterocycles. The highest BCUT2D eigenvalue weighted by Crippen LogP contribution is 2.23. The van der Waals surface area contributed by atoms with E-state index in [2.05, 4.69) is 71.1 Å². The van der Waals surface area contributed by atoms with Crippen molar-refractivity contribution in [1.82, 2.24) is 5.32 Å². The van der Waals surface area contributed by atoms with Crippen molar-refractivity contribution in [2.24, 2.45) is 5.92 Å². The first-order valence-corrected chi connectivity index (χ1v) is 7.62. The minimum absolute atomic E-state index is 0.255. The Labute approximate surface area is 119 Å². The highest BCUT2D eigenvalue weighted by Gasteiger charge is 2.13. The standard InChI is InChI=1S/C18H31N/c1-14(2)19-12-11-15(3)13-16-7-9-17(10-8-16)18(4,5)6/h7-10,14-15,19H,11-13H2,1-6H3. The van der Waals surface area contributed by atoms with E-state index in [0.29, 0.717) is 6.04 Å². The van der Waals surface area contributed by atoms with Crippen LogP contribution in [0.5, 0.6) is 0 Å². The molecule has 0 aromatic heterocycles. The summed E-state index contributed by atoms with van der Waals surface area (Å²) in [5, 5.41) is 3.49. The molecule has 1 atom stereocenters. The van der Waals surface area contributed by atoms with Crippen molar-refractivity contribution in [2.75, 3.05) is 6.54 Å². The minimum atomic E-state index is 0.255. The van der Waals surface area contributed by atoms with Crippen LogP contribution in [0.3, 0.4) is 0 Å². The van der Waals surface area contributed by atoms with Crippen LogP contribution < -0.4 is 5.32 Å². The lowest BCUT2D eigenvalue weighted by atomic mass is 9.86. The van der Waals surface area contributed by atoms with Crippen LogP contribution in [-0.2, 0) is 11.8 Å². The topological polar surface area (TPSA) is 12.0 Å². The first-order chi connectivity index (χ1) is 8.79. The Morgan fingerprint density at radius 1 is 1.00 bits per heavy atom. The monoisotopic (exact) mass is 261 g/mol. The second-order valence-electron chi connectivity index (χ2n) is 7.15. The summed E-state index contributed by atoms with van der Waals surface area (Å²) >= 11 is 0. The quantitative estimate of drug-likeness (QED) is 0.792. The zero-order chi connectivity index (χ0) is 14.5. The van der Waals surface area contributed by atoms with Gasteiger partial charge in [-0.3, -0.25) is 0 Å². The van der Waals surface area contributed by atoms with Gasteiger partial charge in [0, 0.05) is 6.04 Å². The largest absolute Gasteiger partial charge is 0.315 e. The Morgan fingerprint density at radius 2 is 1.58 bits per heavy atom. The average molecular weight is 261 g/mol. The summed E-state index contributed by atoms with van der Waals surface area (Å²) in [4.78, 5) is 0. The van der Waals surface area contributed by atoms with E-state index in [1.54, 1.807) is 0 Å². The number of rotatable bonds is 6. The van der Waals surface area contributed by atoms with E-state index < -0.39 is 0 Å². The normalized spacial score (nSPS) is 13.8. The Morgan fingerprint density at radius 3 is 2.05 bits per heavy atom. The maximum absolute atomic E-state index is 3.49. The summed E-state index contributed by atoms with van der Waals surface area (Å²) in [5.41, 5.74) is 3.14. The van der Waals surface area contributed by atoms with Crippen molar-refractivity contribution in [2.45, 2.75) is 65.8 Å². The van der Waals surface area contributed by atoms with E-state index in [1.807, 2.05) is 0 Å². The molecule has 0 aliphatic rings. The molecule has 1 aromatic carbocycles. The second-order valence-corrected chi connectivity index (χ2v) is 7.15. The summed E-state index contributed by atoms with van der Waals surface area (Å²) in [7, 11) is 0. The van der Waals surface area contributed by atoms with Gasteiger partial charge in [0.2, 0.25) is 0 Å². The third-order valence-corrected chi connectivity index (χ3v) is 3.59. The fourth-order valence-electron chi connectivity index (χ4n) is 2.26. The number of nitrogens with one attached hydrogen (secondary N) is 1. The molecule has 0 bridgehead atoms. The third kappa shape index (κ3) is 6.24. The summed E-state index contributed by atoms with van der Waals surface area (Å²) in [6, 6.07) is 9.77. The predicted octanol–water partition coefficient (Wildman–Crippen LogP) is 4.55. The predicted molar refractivity (Wildman–Crippen MR) is 85.8 cm³/mol. The minimum Gasteiger partial charge on any atom is -0.315 e. The van der Waals surface area contributed by atoms with Gasteiger partial charge in [0.25, 0.3) is 0 Å². The molecule has 0 heterocycles. The van der Waals surface area contributed by atoms with E-state index in [1.165, 1.54) is 24.0 Å². The van der Waals surface area contributed by atoms with Crippen LogP contribution in [0.2, 0.25) is 0 Å². The lowest BCUT2D eigenvalue weighted by molar-refractivity contribution is 0.476. The second kappa shape index (κ2) is 7.09. The van der Waals surface area contributed by atoms with Gasteiger partial charge in [0.1, 0.15) is 0 Å². The smallest absolute Gasteiger partial charge is 0.00103 e. The summed E-state index contributed by atoms with van der Waals surface area (Å²) in [6.45, 7) is 14.7. The highest BCUT2D eigenvalue weighted by molar-refractivity contribution is 5.27. The molecule has 0 aliphatic carbocycles. The molecule has 0 spiro atoms. The fourth-order valence-corrected chi connectivity index (χ4v) is 2.26. The van der Waals surface area contributed by atoms with Crippen LogP contribution in [0.15, 0.2) is 24.3 Å². The lowest BCUT2D eigenvalue weighted by Gasteiger charge is -2.20. The van der Waals surface area contributed by atoms with Gasteiger partial charge in [0.05, 0.1) is 0 Å². The fraction of sp³-hybridized carbons (Fsp3) is 0.667. The van der Waals surface area contributed by atoms with Crippen LogP contribution in [0.1, 0.15) is 59.1 Å². The van der Waals surface area contributed by atoms with E-state index in [0.717, 1.165) is 12.5 Å². The van der Waals surface area contributed by atoms with E-state index in [9.17, 15) is 0 Å². The maximum Gasteiger partial charge on any atom is 0.00103 e. The SMILES string of the molecule is CC(CCNC(C)C)Cc1ccc(C(C)(C)C)cc1. The molecule has 1 nitrogen and oxygen atoms in total. The number of benzene rings is 1. The Hall–Kier alpha value is -0.820. The molecule has 1 aromatic rings. The molecule has 0 amide bonds. The molecule has 1 heteroatoms. The molecule has 1 rings (SSSR count). The van der Waals surface area contributed by atoms with Crippen LogP contribution in [0.25, 0.3) is 0 Å². The molecule has 0 fully saturated rings. The van der Waals surface area contributed by atoms with Gasteiger partial charge in [-0.1, -0.05) is 65.8 Å². The van der Waals surface area contributed by atoms with Crippen molar-refractivity contribution < 1.29 is 0 Å². The van der Waals surface area contributed by atoms with Crippen molar-refractivity contribution in [3.63, 3.8) is 0 Å². The van der Waals surface area contributed by atoms with Gasteiger partial charge in [-0.05, 0) is 41.8 Å². The van der Waals surface area contributed by atoms with Gasteiger partial charge >= 0.3 is 0 Å². The van der Waals surface area contributed by atoms with Gasteiger partial charge in [0.15, 0.2) is 0 Å². The number of hydrogen-bond acceptors (Lipinski definition) is 1. The van der Waals surface area contributed by atoms with Crippen molar-refractivity contribution in [3.8, 4) is 0 Å². The van der Waals surface area contributed by atoms with Gasteiger partial charge in [-0.2, -0.15) is 0 Å². The molecule has 1 unspecified atom stereocenters. The Kier molecular flexibility index (Phi) is 6.06. The average Bonchev–Trinajstić information content (AvgIpc) is 2.27. The molecule has 0 saturated carbocycles. The van der Waals surface area contributed by atoms with Crippen molar-refractivity contribution in [1.29, 1.82) is 0 Å². The Bertz CT molecular complexity index is 356. The zero-order valence-electron chi connectivity index (χ0n) is 13.6. The van der Waals surface area contributed by atoms with E-state index >= 15 is 0 Å². The first-order valence-electron chi connectivity index (χ1n) is 7.62. The Balaban J connectivity index is 2.44. The maximum atomic E-state index is 3.49. The molecule has 108 valence electrons. The highest BCUT2D eigenvalue weighted by atomic mass is 14.9. The summed E-state index contributed by atoms with van der Waals surface area (Å²) < 4.78 is 0. The molecular weight excluding hydrogens is 230 g/mol. The molecule has 0 radical (unpaired) electrons. The van der Waals surface area contributed by atoms with Crippen LogP contribution in [0.4, 0.5) is 0 Å². The third-order valence-electron chi connectivity index (χ3n) is 3.59. The molecule has 1 N–H and O–H groups in total. The first kappa shape index (κ1) is 16.2. The van der Waals surface area contributed by atoms with Crippen LogP contribution in [-0.4, -0.2) is 12.6 Å². The molecule has 19 heavy (non-hydrogen) atoms. The summed E-state index contributed by atoms with van der Waals surface area (Å²) in [5.74, 6) is 0.742. The van der Waals surface area contributed by atoms with E-state index in [-0.39, 0.29) is 5.41 Å². The number of hydrogen-bond donors (Lipinski definition) is 1. The summed E-state index contributed by atoms with van der Waals surface area (Å²) in [6.07, 6.45) is 2.43. The van der Waals surface area contributed by atoms with E-state index in [4.69, 9.17) is 0 Å². The van der Waals surface area contributed by atoms with Gasteiger partial charge in [-0.15, -0.1) is 0 Å². The zero-order valence-corrected chi connectivity index (χ0v) is 13.6. The van der Waals surface area contributed by atoms with Crippen LogP contribution >= 0.6 is 0 Å². The van der Waals surface area contributed by atoms with Gasteiger partial charge < -0.3 is 5.32 Å². The molecule has 0 aliphatic heterocycles. The molecular formula is C18H31N. The lowest BCUT2D eigenvalue weighted by Crippen LogP contribution is -2.25. The van der Waals surface area contributed by atoms with Gasteiger partial charge in [-0.25, -0.2) is 0 Å².